The highest BCUT2D eigenvalue weighted by Crippen LogP contribution is 2.38. The first kappa shape index (κ1) is 28.0. The molecule has 1 saturated heterocycles. The number of rotatable bonds is 10. The molecule has 2 aromatic rings. The molecular formula is C23H27F2N5O6S2. The van der Waals surface area contributed by atoms with E-state index in [2.05, 4.69) is 10.0 Å². The highest BCUT2D eigenvalue weighted by molar-refractivity contribution is 7.89. The van der Waals surface area contributed by atoms with Gasteiger partial charge in [-0.3, -0.25) is 14.5 Å². The first-order valence-electron chi connectivity index (χ1n) is 11.6. The minimum atomic E-state index is -4.21. The maximum Gasteiger partial charge on any atom is 0.280 e. The van der Waals surface area contributed by atoms with E-state index in [1.807, 2.05) is 0 Å². The number of aryl methyl sites for hydroxylation is 1. The fraction of sp³-hybridized carbons (Fsp3) is 0.391. The Morgan fingerprint density at radius 3 is 2.34 bits per heavy atom. The van der Waals surface area contributed by atoms with Gasteiger partial charge in [0.1, 0.15) is 6.04 Å². The summed E-state index contributed by atoms with van der Waals surface area (Å²) in [5.41, 5.74) is 0.852. The zero-order valence-corrected chi connectivity index (χ0v) is 21.9. The molecule has 2 amide bonds. The molecule has 2 fully saturated rings. The monoisotopic (exact) mass is 571 g/mol. The van der Waals surface area contributed by atoms with Gasteiger partial charge in [-0.05, 0) is 36.2 Å². The summed E-state index contributed by atoms with van der Waals surface area (Å²) in [5, 5.41) is 7.81. The van der Waals surface area contributed by atoms with Crippen molar-refractivity contribution < 1.29 is 35.2 Å². The van der Waals surface area contributed by atoms with Gasteiger partial charge in [0, 0.05) is 37.7 Å². The smallest absolute Gasteiger partial charge is 0.280 e. The summed E-state index contributed by atoms with van der Waals surface area (Å²) in [7, 11) is -8.15. The molecule has 2 aromatic carbocycles. The lowest BCUT2D eigenvalue weighted by Gasteiger charge is -2.38. The van der Waals surface area contributed by atoms with Crippen molar-refractivity contribution >= 4 is 37.7 Å². The minimum Gasteiger partial charge on any atom is -0.351 e. The Balaban J connectivity index is 1.77. The summed E-state index contributed by atoms with van der Waals surface area (Å²) in [5.74, 6) is -4.58. The largest absolute Gasteiger partial charge is 0.351 e. The molecule has 1 aliphatic heterocycles. The van der Waals surface area contributed by atoms with Gasteiger partial charge >= 0.3 is 0 Å². The van der Waals surface area contributed by atoms with Crippen LogP contribution in [0.5, 0.6) is 0 Å². The van der Waals surface area contributed by atoms with Crippen LogP contribution in [0.25, 0.3) is 0 Å². The SMILES string of the molecule is Cc1ccccc1[C@@H](C(=O)NC1CC(F)(F)C1)N(C(=O)CNS(=O)(=O)N1CC1)c1cccc(S(N)(=O)=O)c1. The van der Waals surface area contributed by atoms with E-state index in [-0.39, 0.29) is 10.6 Å². The third-order valence-electron chi connectivity index (χ3n) is 6.27. The molecule has 0 bridgehead atoms. The molecule has 1 atom stereocenters. The van der Waals surface area contributed by atoms with Gasteiger partial charge in [0.15, 0.2) is 0 Å². The summed E-state index contributed by atoms with van der Waals surface area (Å²) in [6, 6.07) is 9.25. The second-order valence-corrected chi connectivity index (χ2v) is 12.6. The fourth-order valence-corrected chi connectivity index (χ4v) is 5.80. The number of nitrogens with two attached hydrogens (primary N) is 1. The summed E-state index contributed by atoms with van der Waals surface area (Å²) >= 11 is 0. The Morgan fingerprint density at radius 2 is 1.76 bits per heavy atom. The Morgan fingerprint density at radius 1 is 1.11 bits per heavy atom. The number of hydrogen-bond acceptors (Lipinski definition) is 6. The van der Waals surface area contributed by atoms with Crippen LogP contribution in [0, 0.1) is 6.92 Å². The van der Waals surface area contributed by atoms with Crippen LogP contribution in [0.1, 0.15) is 30.0 Å². The fourth-order valence-electron chi connectivity index (χ4n) is 4.19. The highest BCUT2D eigenvalue weighted by atomic mass is 32.2. The number of carbonyl (C=O) groups is 2. The maximum absolute atomic E-state index is 13.6. The van der Waals surface area contributed by atoms with Gasteiger partial charge < -0.3 is 5.32 Å². The van der Waals surface area contributed by atoms with Gasteiger partial charge in [-0.25, -0.2) is 22.3 Å². The number of carbonyl (C=O) groups excluding carboxylic acids is 2. The van der Waals surface area contributed by atoms with Crippen molar-refractivity contribution in [2.75, 3.05) is 24.5 Å². The van der Waals surface area contributed by atoms with Crippen molar-refractivity contribution in [3.63, 3.8) is 0 Å². The van der Waals surface area contributed by atoms with Crippen LogP contribution in [0.15, 0.2) is 53.4 Å². The number of alkyl halides is 2. The van der Waals surface area contributed by atoms with E-state index in [0.29, 0.717) is 24.2 Å². The molecule has 1 aliphatic carbocycles. The second kappa shape index (κ2) is 10.3. The Bertz CT molecular complexity index is 1460. The first-order valence-corrected chi connectivity index (χ1v) is 14.6. The van der Waals surface area contributed by atoms with Crippen LogP contribution in [-0.4, -0.2) is 64.6 Å². The van der Waals surface area contributed by atoms with E-state index in [0.717, 1.165) is 15.3 Å². The number of primary sulfonamides is 1. The van der Waals surface area contributed by atoms with Crippen LogP contribution in [0.2, 0.25) is 0 Å². The average molecular weight is 572 g/mol. The van der Waals surface area contributed by atoms with Crippen LogP contribution in [0.4, 0.5) is 14.5 Å². The van der Waals surface area contributed by atoms with Crippen molar-refractivity contribution in [2.45, 2.75) is 42.7 Å². The summed E-state index contributed by atoms with van der Waals surface area (Å²) in [4.78, 5) is 27.8. The summed E-state index contributed by atoms with van der Waals surface area (Å²) < 4.78 is 78.9. The highest BCUT2D eigenvalue weighted by Gasteiger charge is 2.47. The molecule has 1 heterocycles. The molecule has 0 spiro atoms. The van der Waals surface area contributed by atoms with E-state index in [1.54, 1.807) is 31.2 Å². The first-order chi connectivity index (χ1) is 17.7. The predicted molar refractivity (Wildman–Crippen MR) is 134 cm³/mol. The van der Waals surface area contributed by atoms with E-state index < -0.39 is 69.4 Å². The Labute approximate surface area is 219 Å². The van der Waals surface area contributed by atoms with E-state index in [4.69, 9.17) is 5.14 Å². The minimum absolute atomic E-state index is 0.0604. The molecule has 1 saturated carbocycles. The van der Waals surface area contributed by atoms with Gasteiger partial charge in [0.05, 0.1) is 11.4 Å². The molecule has 0 aromatic heterocycles. The van der Waals surface area contributed by atoms with Crippen LogP contribution < -0.4 is 20.1 Å². The van der Waals surface area contributed by atoms with Gasteiger partial charge in [-0.2, -0.15) is 17.4 Å². The van der Waals surface area contributed by atoms with Gasteiger partial charge in [0.2, 0.25) is 21.8 Å². The summed E-state index contributed by atoms with van der Waals surface area (Å²) in [6.07, 6.45) is -1.13. The van der Waals surface area contributed by atoms with Crippen molar-refractivity contribution in [1.82, 2.24) is 14.3 Å². The van der Waals surface area contributed by atoms with Crippen molar-refractivity contribution in [2.24, 2.45) is 5.14 Å². The average Bonchev–Trinajstić information content (AvgIpc) is 3.66. The molecule has 0 unspecified atom stereocenters. The molecule has 15 heteroatoms. The topological polar surface area (TPSA) is 159 Å². The lowest BCUT2D eigenvalue weighted by atomic mass is 9.87. The number of benzene rings is 2. The predicted octanol–water partition coefficient (Wildman–Crippen LogP) is 0.781. The second-order valence-electron chi connectivity index (χ2n) is 9.26. The molecule has 0 radical (unpaired) electrons. The van der Waals surface area contributed by atoms with Crippen LogP contribution in [-0.2, 0) is 29.8 Å². The van der Waals surface area contributed by atoms with Crippen molar-refractivity contribution in [1.29, 1.82) is 0 Å². The van der Waals surface area contributed by atoms with Gasteiger partial charge in [-0.1, -0.05) is 30.3 Å². The molecule has 38 heavy (non-hydrogen) atoms. The molecule has 4 rings (SSSR count). The molecular weight excluding hydrogens is 544 g/mol. The van der Waals surface area contributed by atoms with Crippen LogP contribution in [0.3, 0.4) is 0 Å². The zero-order valence-electron chi connectivity index (χ0n) is 20.3. The number of nitrogens with zero attached hydrogens (tertiary/aromatic N) is 2. The third-order valence-corrected chi connectivity index (χ3v) is 8.74. The molecule has 4 N–H and O–H groups in total. The molecule has 206 valence electrons. The number of amides is 2. The standard InChI is InChI=1S/C23H27F2N5O6S2/c1-15-5-2-3-8-19(15)21(22(32)28-16-12-23(24,25)13-16)30(17-6-4-7-18(11-17)37(26,33)34)20(31)14-27-38(35,36)29-9-10-29/h2-8,11,16,21,27H,9-10,12-14H2,1H3,(H,28,32)(H2,26,33,34)/t21-/m0/s1. The van der Waals surface area contributed by atoms with E-state index in [1.165, 1.54) is 18.2 Å². The zero-order chi connectivity index (χ0) is 27.9. The number of anilines is 1. The van der Waals surface area contributed by atoms with Crippen LogP contribution >= 0.6 is 0 Å². The lowest BCUT2D eigenvalue weighted by molar-refractivity contribution is -0.132. The Kier molecular flexibility index (Phi) is 7.60. The van der Waals surface area contributed by atoms with Gasteiger partial charge in [0.25, 0.3) is 16.1 Å². The third kappa shape index (κ3) is 6.35. The maximum atomic E-state index is 13.6. The molecule has 2 aliphatic rings. The summed E-state index contributed by atoms with van der Waals surface area (Å²) in [6.45, 7) is 1.52. The number of halogens is 2. The van der Waals surface area contributed by atoms with Crippen molar-refractivity contribution in [3.05, 3.63) is 59.7 Å². The lowest BCUT2D eigenvalue weighted by Crippen LogP contribution is -2.55. The van der Waals surface area contributed by atoms with E-state index >= 15 is 0 Å². The Hall–Kier alpha value is -2.98. The normalized spacial score (nSPS) is 18.3. The number of hydrogen-bond donors (Lipinski definition) is 3. The van der Waals surface area contributed by atoms with Crippen molar-refractivity contribution in [3.8, 4) is 0 Å². The number of nitrogens with one attached hydrogen (secondary N) is 2. The van der Waals surface area contributed by atoms with E-state index in [9.17, 15) is 35.2 Å². The number of sulfonamides is 1. The molecule has 11 nitrogen and oxygen atoms in total. The van der Waals surface area contributed by atoms with Gasteiger partial charge in [-0.15, -0.1) is 0 Å². The quantitative estimate of drug-likeness (QED) is 0.358.